The molecule has 1 radical (unpaired) electrons. The molecule has 2 rings (SSSR count). The molecular formula is C14H18BN2O2S. The third kappa shape index (κ3) is 3.45. The van der Waals surface area contributed by atoms with E-state index in [4.69, 9.17) is 4.65 Å². The number of aromatic nitrogens is 2. The molecule has 105 valence electrons. The lowest BCUT2D eigenvalue weighted by atomic mass is 9.82. The van der Waals surface area contributed by atoms with E-state index in [1.54, 1.807) is 26.8 Å². The summed E-state index contributed by atoms with van der Waals surface area (Å²) in [5.41, 5.74) is 2.03. The average molecular weight is 289 g/mol. The number of nitrogens with zero attached hydrogens (tertiary/aromatic N) is 2. The van der Waals surface area contributed by atoms with E-state index >= 15 is 0 Å². The third-order valence-corrected chi connectivity index (χ3v) is 3.97. The predicted octanol–water partition coefficient (Wildman–Crippen LogP) is 2.02. The molecule has 0 amide bonds. The molecule has 0 saturated heterocycles. The molecule has 1 aromatic carbocycles. The van der Waals surface area contributed by atoms with Gasteiger partial charge in [-0.25, -0.2) is 4.98 Å². The largest absolute Gasteiger partial charge is 0.427 e. The highest BCUT2D eigenvalue weighted by molar-refractivity contribution is 7.03. The Morgan fingerprint density at radius 2 is 1.80 bits per heavy atom. The zero-order valence-electron chi connectivity index (χ0n) is 12.1. The minimum Gasteiger partial charge on any atom is -0.427 e. The van der Waals surface area contributed by atoms with Crippen molar-refractivity contribution in [2.75, 3.05) is 0 Å². The topological polar surface area (TPSA) is 55.2 Å². The molecule has 0 unspecified atom stereocenters. The first-order valence-corrected chi connectivity index (χ1v) is 7.23. The van der Waals surface area contributed by atoms with Crippen molar-refractivity contribution in [3.05, 3.63) is 29.8 Å². The number of rotatable bonds is 5. The lowest BCUT2D eigenvalue weighted by Gasteiger charge is -2.37. The van der Waals surface area contributed by atoms with E-state index < -0.39 is 11.2 Å². The normalized spacial score (nSPS) is 12.4. The molecule has 1 aromatic heterocycles. The Kier molecular flexibility index (Phi) is 4.27. The van der Waals surface area contributed by atoms with Gasteiger partial charge in [-0.3, -0.25) is 0 Å². The van der Waals surface area contributed by atoms with Gasteiger partial charge in [0.15, 0.2) is 5.82 Å². The number of benzene rings is 1. The Morgan fingerprint density at radius 1 is 1.15 bits per heavy atom. The van der Waals surface area contributed by atoms with E-state index in [0.717, 1.165) is 16.9 Å². The Hall–Kier alpha value is -1.24. The summed E-state index contributed by atoms with van der Waals surface area (Å²) < 4.78 is 9.90. The van der Waals surface area contributed by atoms with E-state index in [1.807, 2.05) is 38.1 Å². The van der Waals surface area contributed by atoms with E-state index in [9.17, 15) is 5.11 Å². The van der Waals surface area contributed by atoms with Gasteiger partial charge in [0.25, 0.3) is 0 Å². The fourth-order valence-corrected chi connectivity index (χ4v) is 1.81. The third-order valence-electron chi connectivity index (χ3n) is 3.49. The summed E-state index contributed by atoms with van der Waals surface area (Å²) in [7, 11) is 1.66. The second-order valence-corrected chi connectivity index (χ2v) is 6.29. The molecule has 1 heterocycles. The van der Waals surface area contributed by atoms with Crippen LogP contribution in [0, 0.1) is 0 Å². The Labute approximate surface area is 124 Å². The fraction of sp³-hybridized carbons (Fsp3) is 0.429. The van der Waals surface area contributed by atoms with Crippen LogP contribution in [0.5, 0.6) is 0 Å². The van der Waals surface area contributed by atoms with Gasteiger partial charge in [0, 0.05) is 5.56 Å². The van der Waals surface area contributed by atoms with Crippen molar-refractivity contribution < 1.29 is 9.76 Å². The summed E-state index contributed by atoms with van der Waals surface area (Å²) in [6, 6.07) is 7.79. The highest BCUT2D eigenvalue weighted by atomic mass is 32.1. The Morgan fingerprint density at radius 3 is 2.30 bits per heavy atom. The van der Waals surface area contributed by atoms with Crippen molar-refractivity contribution in [3.8, 4) is 11.4 Å². The van der Waals surface area contributed by atoms with E-state index in [-0.39, 0.29) is 0 Å². The second-order valence-electron chi connectivity index (χ2n) is 5.68. The average Bonchev–Trinajstić information content (AvgIpc) is 2.89. The molecule has 0 aliphatic carbocycles. The first kappa shape index (κ1) is 15.2. The first-order chi connectivity index (χ1) is 9.29. The van der Waals surface area contributed by atoms with Crippen molar-refractivity contribution in [2.45, 2.75) is 38.9 Å². The minimum absolute atomic E-state index is 0.665. The van der Waals surface area contributed by atoms with Crippen LogP contribution >= 0.6 is 11.5 Å². The maximum Gasteiger partial charge on any atom is 0.330 e. The summed E-state index contributed by atoms with van der Waals surface area (Å²) in [4.78, 5) is 4.17. The first-order valence-electron chi connectivity index (χ1n) is 6.40. The molecule has 0 aliphatic heterocycles. The van der Waals surface area contributed by atoms with E-state index in [2.05, 4.69) is 9.36 Å². The van der Waals surface area contributed by atoms with Crippen LogP contribution < -0.4 is 5.46 Å². The molecule has 4 nitrogen and oxygen atoms in total. The molecule has 0 bridgehead atoms. The van der Waals surface area contributed by atoms with Crippen molar-refractivity contribution >= 4 is 24.5 Å². The van der Waals surface area contributed by atoms with Crippen LogP contribution in [0.25, 0.3) is 11.4 Å². The van der Waals surface area contributed by atoms with Crippen LogP contribution in [0.4, 0.5) is 0 Å². The van der Waals surface area contributed by atoms with Gasteiger partial charge in [0.05, 0.1) is 11.2 Å². The number of hydrogen-bond donors (Lipinski definition) is 1. The van der Waals surface area contributed by atoms with Gasteiger partial charge < -0.3 is 9.76 Å². The molecule has 0 atom stereocenters. The predicted molar refractivity (Wildman–Crippen MR) is 82.2 cm³/mol. The van der Waals surface area contributed by atoms with Crippen LogP contribution in [0.1, 0.15) is 27.7 Å². The zero-order valence-corrected chi connectivity index (χ0v) is 12.9. The fourth-order valence-electron chi connectivity index (χ4n) is 1.37. The lowest BCUT2D eigenvalue weighted by molar-refractivity contribution is -0.0893. The monoisotopic (exact) mass is 289 g/mol. The van der Waals surface area contributed by atoms with Crippen LogP contribution in [-0.2, 0) is 4.65 Å². The van der Waals surface area contributed by atoms with Gasteiger partial charge >= 0.3 is 7.48 Å². The summed E-state index contributed by atoms with van der Waals surface area (Å²) in [5.74, 6) is 0.735. The molecular weight excluding hydrogens is 271 g/mol. The van der Waals surface area contributed by atoms with Crippen molar-refractivity contribution in [1.29, 1.82) is 0 Å². The summed E-state index contributed by atoms with van der Waals surface area (Å²) in [6.07, 6.45) is 0. The highest BCUT2D eigenvalue weighted by Gasteiger charge is 2.35. The highest BCUT2D eigenvalue weighted by Crippen LogP contribution is 2.24. The SMILES string of the molecule is CC(C)(O)C(C)(C)O[B]c1ccc(-c2ncsn2)cc1. The van der Waals surface area contributed by atoms with E-state index in [0.29, 0.717) is 0 Å². The molecule has 20 heavy (non-hydrogen) atoms. The maximum atomic E-state index is 10.0. The zero-order chi connectivity index (χ0) is 14.8. The van der Waals surface area contributed by atoms with Gasteiger partial charge in [-0.1, -0.05) is 29.7 Å². The number of aliphatic hydroxyl groups is 1. The van der Waals surface area contributed by atoms with Crippen LogP contribution in [0.2, 0.25) is 0 Å². The standard InChI is InChI=1S/C14H18BN2O2S/c1-13(2,18)14(3,4)19-15-11-7-5-10(6-8-11)12-16-9-20-17-12/h5-9,18H,1-4H3. The van der Waals surface area contributed by atoms with Crippen molar-refractivity contribution in [1.82, 2.24) is 9.36 Å². The number of hydrogen-bond acceptors (Lipinski definition) is 5. The van der Waals surface area contributed by atoms with Crippen molar-refractivity contribution in [3.63, 3.8) is 0 Å². The minimum atomic E-state index is -0.923. The molecule has 2 aromatic rings. The Bertz CT molecular complexity index is 548. The van der Waals surface area contributed by atoms with Crippen molar-refractivity contribution in [2.24, 2.45) is 0 Å². The van der Waals surface area contributed by atoms with Crippen LogP contribution in [0.15, 0.2) is 29.8 Å². The summed E-state index contributed by atoms with van der Waals surface area (Å²) in [5, 5.41) is 10.0. The van der Waals surface area contributed by atoms with E-state index in [1.165, 1.54) is 11.5 Å². The molecule has 0 fully saturated rings. The van der Waals surface area contributed by atoms with Crippen LogP contribution in [-0.4, -0.2) is 33.1 Å². The van der Waals surface area contributed by atoms with Gasteiger partial charge in [0.2, 0.25) is 0 Å². The molecule has 1 N–H and O–H groups in total. The molecule has 0 aliphatic rings. The smallest absolute Gasteiger partial charge is 0.330 e. The van der Waals surface area contributed by atoms with Gasteiger partial charge in [-0.15, -0.1) is 0 Å². The molecule has 0 saturated carbocycles. The summed E-state index contributed by atoms with van der Waals surface area (Å²) in [6.45, 7) is 7.18. The Balaban J connectivity index is 2.02. The molecule has 6 heteroatoms. The van der Waals surface area contributed by atoms with Gasteiger partial charge in [0.1, 0.15) is 5.51 Å². The maximum absolute atomic E-state index is 10.0. The lowest BCUT2D eigenvalue weighted by Crippen LogP contribution is -2.49. The van der Waals surface area contributed by atoms with Crippen LogP contribution in [0.3, 0.4) is 0 Å². The molecule has 0 spiro atoms. The second kappa shape index (κ2) is 5.64. The quantitative estimate of drug-likeness (QED) is 0.856. The van der Waals surface area contributed by atoms with Gasteiger partial charge in [-0.2, -0.15) is 4.37 Å². The van der Waals surface area contributed by atoms with Gasteiger partial charge in [-0.05, 0) is 39.2 Å². The summed E-state index contributed by atoms with van der Waals surface area (Å²) >= 11 is 1.33.